The third kappa shape index (κ3) is 3.97. The highest BCUT2D eigenvalue weighted by Crippen LogP contribution is 2.18. The van der Waals surface area contributed by atoms with E-state index in [4.69, 9.17) is 4.74 Å². The van der Waals surface area contributed by atoms with Crippen molar-refractivity contribution in [1.82, 2.24) is 10.6 Å². The van der Waals surface area contributed by atoms with Crippen LogP contribution in [0.25, 0.3) is 0 Å². The van der Waals surface area contributed by atoms with Gasteiger partial charge in [-0.3, -0.25) is 4.79 Å². The molecule has 0 aromatic heterocycles. The molecule has 0 bridgehead atoms. The molecule has 4 heteroatoms. The zero-order valence-electron chi connectivity index (χ0n) is 12.3. The number of piperidine rings is 1. The van der Waals surface area contributed by atoms with Gasteiger partial charge in [-0.15, -0.1) is 0 Å². The molecule has 0 saturated carbocycles. The van der Waals surface area contributed by atoms with Crippen LogP contribution in [0.3, 0.4) is 0 Å². The second kappa shape index (κ2) is 7.29. The van der Waals surface area contributed by atoms with Crippen LogP contribution in [-0.2, 0) is 0 Å². The van der Waals surface area contributed by atoms with Gasteiger partial charge in [-0.05, 0) is 62.5 Å². The number of benzene rings is 1. The number of ether oxygens (including phenoxy) is 1. The fourth-order valence-corrected chi connectivity index (χ4v) is 2.57. The SMILES string of the molecule is CCOc1ccc(C(=O)NCC2CCNCC2C)cc1. The highest BCUT2D eigenvalue weighted by atomic mass is 16.5. The van der Waals surface area contributed by atoms with E-state index in [1.807, 2.05) is 31.2 Å². The fraction of sp³-hybridized carbons (Fsp3) is 0.562. The van der Waals surface area contributed by atoms with Gasteiger partial charge in [0.05, 0.1) is 6.61 Å². The molecule has 1 aliphatic heterocycles. The predicted octanol–water partition coefficient (Wildman–Crippen LogP) is 2.06. The second-order valence-electron chi connectivity index (χ2n) is 5.40. The van der Waals surface area contributed by atoms with Gasteiger partial charge in [0, 0.05) is 12.1 Å². The second-order valence-corrected chi connectivity index (χ2v) is 5.40. The van der Waals surface area contributed by atoms with Gasteiger partial charge in [-0.25, -0.2) is 0 Å². The molecule has 1 aromatic rings. The van der Waals surface area contributed by atoms with E-state index < -0.39 is 0 Å². The van der Waals surface area contributed by atoms with E-state index in [-0.39, 0.29) is 5.91 Å². The molecule has 110 valence electrons. The number of hydrogen-bond donors (Lipinski definition) is 2. The van der Waals surface area contributed by atoms with Crippen molar-refractivity contribution >= 4 is 5.91 Å². The average Bonchev–Trinajstić information content (AvgIpc) is 2.47. The number of amides is 1. The lowest BCUT2D eigenvalue weighted by Gasteiger charge is -2.29. The Hall–Kier alpha value is -1.55. The highest BCUT2D eigenvalue weighted by molar-refractivity contribution is 5.94. The summed E-state index contributed by atoms with van der Waals surface area (Å²) < 4.78 is 5.37. The molecule has 0 radical (unpaired) electrons. The van der Waals surface area contributed by atoms with E-state index in [1.165, 1.54) is 0 Å². The molecule has 0 spiro atoms. The van der Waals surface area contributed by atoms with Gasteiger partial charge < -0.3 is 15.4 Å². The highest BCUT2D eigenvalue weighted by Gasteiger charge is 2.21. The monoisotopic (exact) mass is 276 g/mol. The molecule has 0 aliphatic carbocycles. The molecule has 1 fully saturated rings. The van der Waals surface area contributed by atoms with Gasteiger partial charge in [0.15, 0.2) is 0 Å². The summed E-state index contributed by atoms with van der Waals surface area (Å²) in [7, 11) is 0. The maximum absolute atomic E-state index is 12.1. The lowest BCUT2D eigenvalue weighted by atomic mass is 9.88. The zero-order valence-corrected chi connectivity index (χ0v) is 12.3. The Labute approximate surface area is 120 Å². The molecule has 1 saturated heterocycles. The summed E-state index contributed by atoms with van der Waals surface area (Å²) in [5.74, 6) is 1.99. The minimum atomic E-state index is -0.00113. The van der Waals surface area contributed by atoms with Crippen molar-refractivity contribution in [3.63, 3.8) is 0 Å². The van der Waals surface area contributed by atoms with Crippen LogP contribution in [0.1, 0.15) is 30.6 Å². The molecule has 20 heavy (non-hydrogen) atoms. The van der Waals surface area contributed by atoms with Crippen molar-refractivity contribution in [3.05, 3.63) is 29.8 Å². The summed E-state index contributed by atoms with van der Waals surface area (Å²) >= 11 is 0. The first-order valence-corrected chi connectivity index (χ1v) is 7.42. The summed E-state index contributed by atoms with van der Waals surface area (Å²) in [4.78, 5) is 12.1. The minimum absolute atomic E-state index is 0.00113. The normalized spacial score (nSPS) is 22.3. The number of carbonyl (C=O) groups excluding carboxylic acids is 1. The third-order valence-electron chi connectivity index (χ3n) is 3.92. The Balaban J connectivity index is 1.84. The van der Waals surface area contributed by atoms with Crippen molar-refractivity contribution in [2.45, 2.75) is 20.3 Å². The molecular weight excluding hydrogens is 252 g/mol. The maximum atomic E-state index is 12.1. The summed E-state index contributed by atoms with van der Waals surface area (Å²) in [6.07, 6.45) is 1.13. The van der Waals surface area contributed by atoms with E-state index in [0.717, 1.165) is 31.8 Å². The Morgan fingerprint density at radius 3 is 2.80 bits per heavy atom. The predicted molar refractivity (Wildman–Crippen MR) is 80.1 cm³/mol. The molecule has 2 rings (SSSR count). The van der Waals surface area contributed by atoms with Crippen LogP contribution in [-0.4, -0.2) is 32.1 Å². The number of hydrogen-bond acceptors (Lipinski definition) is 3. The van der Waals surface area contributed by atoms with Gasteiger partial charge in [0.1, 0.15) is 5.75 Å². The topological polar surface area (TPSA) is 50.4 Å². The van der Waals surface area contributed by atoms with Gasteiger partial charge >= 0.3 is 0 Å². The van der Waals surface area contributed by atoms with Crippen LogP contribution < -0.4 is 15.4 Å². The van der Waals surface area contributed by atoms with Crippen molar-refractivity contribution in [3.8, 4) is 5.75 Å². The third-order valence-corrected chi connectivity index (χ3v) is 3.92. The Morgan fingerprint density at radius 1 is 1.40 bits per heavy atom. The molecule has 1 aliphatic rings. The molecule has 1 heterocycles. The van der Waals surface area contributed by atoms with Crippen LogP contribution in [0.4, 0.5) is 0 Å². The molecule has 4 nitrogen and oxygen atoms in total. The van der Waals surface area contributed by atoms with Crippen molar-refractivity contribution in [2.24, 2.45) is 11.8 Å². The average molecular weight is 276 g/mol. The van der Waals surface area contributed by atoms with Gasteiger partial charge in [-0.2, -0.15) is 0 Å². The lowest BCUT2D eigenvalue weighted by Crippen LogP contribution is -2.41. The van der Waals surface area contributed by atoms with E-state index in [1.54, 1.807) is 0 Å². The van der Waals surface area contributed by atoms with Crippen LogP contribution in [0.2, 0.25) is 0 Å². The minimum Gasteiger partial charge on any atom is -0.494 e. The number of carbonyl (C=O) groups is 1. The van der Waals surface area contributed by atoms with Crippen molar-refractivity contribution in [2.75, 3.05) is 26.2 Å². The Bertz CT molecular complexity index is 431. The zero-order chi connectivity index (χ0) is 14.4. The van der Waals surface area contributed by atoms with Crippen LogP contribution in [0.15, 0.2) is 24.3 Å². The molecule has 2 unspecified atom stereocenters. The summed E-state index contributed by atoms with van der Waals surface area (Å²) in [5.41, 5.74) is 0.690. The van der Waals surface area contributed by atoms with Crippen molar-refractivity contribution in [1.29, 1.82) is 0 Å². The molecule has 1 aromatic carbocycles. The number of rotatable bonds is 5. The van der Waals surface area contributed by atoms with Crippen LogP contribution >= 0.6 is 0 Å². The van der Waals surface area contributed by atoms with E-state index in [0.29, 0.717) is 24.0 Å². The molecule has 1 amide bonds. The smallest absolute Gasteiger partial charge is 0.251 e. The fourth-order valence-electron chi connectivity index (χ4n) is 2.57. The maximum Gasteiger partial charge on any atom is 0.251 e. The summed E-state index contributed by atoms with van der Waals surface area (Å²) in [6.45, 7) is 7.67. The van der Waals surface area contributed by atoms with E-state index in [2.05, 4.69) is 17.6 Å². The first-order chi connectivity index (χ1) is 9.70. The quantitative estimate of drug-likeness (QED) is 0.865. The summed E-state index contributed by atoms with van der Waals surface area (Å²) in [6, 6.07) is 7.30. The molecule has 2 atom stereocenters. The van der Waals surface area contributed by atoms with Gasteiger partial charge in [0.25, 0.3) is 5.91 Å². The first-order valence-electron chi connectivity index (χ1n) is 7.42. The standard InChI is InChI=1S/C16H24N2O2/c1-3-20-15-6-4-13(5-7-15)16(19)18-11-14-8-9-17-10-12(14)2/h4-7,12,14,17H,3,8-11H2,1-2H3,(H,18,19). The van der Waals surface area contributed by atoms with Crippen molar-refractivity contribution < 1.29 is 9.53 Å². The van der Waals surface area contributed by atoms with Crippen LogP contribution in [0, 0.1) is 11.8 Å². The van der Waals surface area contributed by atoms with Gasteiger partial charge in [0.2, 0.25) is 0 Å². The Morgan fingerprint density at radius 2 is 2.15 bits per heavy atom. The lowest BCUT2D eigenvalue weighted by molar-refractivity contribution is 0.0938. The van der Waals surface area contributed by atoms with E-state index >= 15 is 0 Å². The largest absolute Gasteiger partial charge is 0.494 e. The number of nitrogens with one attached hydrogen (secondary N) is 2. The molecular formula is C16H24N2O2. The Kier molecular flexibility index (Phi) is 5.41. The first kappa shape index (κ1) is 14.9. The van der Waals surface area contributed by atoms with E-state index in [9.17, 15) is 4.79 Å². The summed E-state index contributed by atoms with van der Waals surface area (Å²) in [5, 5.41) is 6.42. The van der Waals surface area contributed by atoms with Gasteiger partial charge in [-0.1, -0.05) is 6.92 Å². The molecule has 2 N–H and O–H groups in total. The van der Waals surface area contributed by atoms with Crippen LogP contribution in [0.5, 0.6) is 5.75 Å².